The van der Waals surface area contributed by atoms with Crippen molar-refractivity contribution in [1.82, 2.24) is 4.98 Å². The van der Waals surface area contributed by atoms with Crippen molar-refractivity contribution in [2.45, 2.75) is 19.8 Å². The van der Waals surface area contributed by atoms with E-state index in [9.17, 15) is 0 Å². The van der Waals surface area contributed by atoms with Gasteiger partial charge in [-0.3, -0.25) is 0 Å². The molecule has 1 heterocycles. The predicted octanol–water partition coefficient (Wildman–Crippen LogP) is 3.01. The molecule has 1 aliphatic carbocycles. The number of hydrogen-bond acceptors (Lipinski definition) is 3. The molecule has 4 heteroatoms. The molecule has 0 amide bonds. The first-order valence-corrected chi connectivity index (χ1v) is 5.29. The van der Waals surface area contributed by atoms with Gasteiger partial charge in [0.25, 0.3) is 0 Å². The molecule has 0 atom stereocenters. The molecule has 0 aromatic carbocycles. The van der Waals surface area contributed by atoms with Gasteiger partial charge in [0.15, 0.2) is 5.13 Å². The maximum absolute atomic E-state index is 5.69. The predicted molar refractivity (Wildman–Crippen MR) is 53.0 cm³/mol. The minimum absolute atomic E-state index is 0.526. The number of thiazole rings is 1. The van der Waals surface area contributed by atoms with Crippen LogP contribution < -0.4 is 5.32 Å². The van der Waals surface area contributed by atoms with Crippen LogP contribution in [0.25, 0.3) is 0 Å². The third-order valence-corrected chi connectivity index (χ3v) is 3.37. The molecule has 12 heavy (non-hydrogen) atoms. The molecule has 66 valence electrons. The molecule has 1 aromatic rings. The van der Waals surface area contributed by atoms with Crippen LogP contribution in [0.4, 0.5) is 5.13 Å². The van der Waals surface area contributed by atoms with Gasteiger partial charge in [-0.05, 0) is 18.3 Å². The summed E-state index contributed by atoms with van der Waals surface area (Å²) < 4.78 is 0. The summed E-state index contributed by atoms with van der Waals surface area (Å²) in [4.78, 5) is 4.11. The van der Waals surface area contributed by atoms with Crippen LogP contribution in [0, 0.1) is 5.41 Å². The molecule has 1 N–H and O–H groups in total. The van der Waals surface area contributed by atoms with E-state index in [1.165, 1.54) is 12.8 Å². The van der Waals surface area contributed by atoms with Gasteiger partial charge >= 0.3 is 0 Å². The zero-order chi connectivity index (χ0) is 8.60. The second-order valence-electron chi connectivity index (χ2n) is 3.64. The van der Waals surface area contributed by atoms with Crippen LogP contribution in [0.1, 0.15) is 19.8 Å². The molecule has 1 fully saturated rings. The van der Waals surface area contributed by atoms with E-state index in [-0.39, 0.29) is 0 Å². The molecule has 1 saturated carbocycles. The largest absolute Gasteiger partial charge is 0.361 e. The number of aromatic nitrogens is 1. The van der Waals surface area contributed by atoms with Crippen molar-refractivity contribution in [3.05, 3.63) is 10.5 Å². The molecule has 2 nitrogen and oxygen atoms in total. The maximum atomic E-state index is 5.69. The molecular weight excluding hydrogens is 192 g/mol. The van der Waals surface area contributed by atoms with Gasteiger partial charge in [0.1, 0.15) is 5.15 Å². The molecule has 1 aliphatic rings. The van der Waals surface area contributed by atoms with Crippen molar-refractivity contribution in [1.29, 1.82) is 0 Å². The Balaban J connectivity index is 1.87. The summed E-state index contributed by atoms with van der Waals surface area (Å²) in [6.07, 6.45) is 2.66. The van der Waals surface area contributed by atoms with Crippen molar-refractivity contribution >= 4 is 28.1 Å². The quantitative estimate of drug-likeness (QED) is 0.815. The number of hydrogen-bond donors (Lipinski definition) is 1. The minimum Gasteiger partial charge on any atom is -0.361 e. The summed E-state index contributed by atoms with van der Waals surface area (Å²) in [5, 5.41) is 6.66. The number of rotatable bonds is 3. The van der Waals surface area contributed by atoms with Crippen molar-refractivity contribution < 1.29 is 0 Å². The highest BCUT2D eigenvalue weighted by atomic mass is 35.5. The molecule has 0 unspecified atom stereocenters. The fraction of sp³-hybridized carbons (Fsp3) is 0.625. The van der Waals surface area contributed by atoms with Crippen LogP contribution in [0.3, 0.4) is 0 Å². The minimum atomic E-state index is 0.526. The lowest BCUT2D eigenvalue weighted by Crippen LogP contribution is -2.11. The Morgan fingerprint density at radius 1 is 1.75 bits per heavy atom. The Labute approximate surface area is 81.0 Å². The van der Waals surface area contributed by atoms with Crippen molar-refractivity contribution in [3.63, 3.8) is 0 Å². The molecule has 0 bridgehead atoms. The first-order valence-electron chi connectivity index (χ1n) is 4.03. The number of nitrogens with one attached hydrogen (secondary N) is 1. The van der Waals surface area contributed by atoms with Gasteiger partial charge in [-0.1, -0.05) is 18.5 Å². The average Bonchev–Trinajstić information content (AvgIpc) is 2.60. The molecule has 0 aliphatic heterocycles. The van der Waals surface area contributed by atoms with Crippen molar-refractivity contribution in [3.8, 4) is 0 Å². The van der Waals surface area contributed by atoms with Crippen LogP contribution in [-0.4, -0.2) is 11.5 Å². The smallest absolute Gasteiger partial charge is 0.184 e. The standard InChI is InChI=1S/C8H11ClN2S/c1-8(2-3-8)5-10-7-11-6(9)4-12-7/h4H,2-3,5H2,1H3,(H,10,11). The van der Waals surface area contributed by atoms with Crippen LogP contribution in [0.15, 0.2) is 5.38 Å². The van der Waals surface area contributed by atoms with Gasteiger partial charge in [0.2, 0.25) is 0 Å². The topological polar surface area (TPSA) is 24.9 Å². The second-order valence-corrected chi connectivity index (χ2v) is 4.88. The Kier molecular flexibility index (Phi) is 2.00. The lowest BCUT2D eigenvalue weighted by atomic mass is 10.1. The van der Waals surface area contributed by atoms with Crippen molar-refractivity contribution in [2.24, 2.45) is 5.41 Å². The lowest BCUT2D eigenvalue weighted by molar-refractivity contribution is 0.610. The highest BCUT2D eigenvalue weighted by Crippen LogP contribution is 2.44. The van der Waals surface area contributed by atoms with E-state index in [1.807, 2.05) is 5.38 Å². The third-order valence-electron chi connectivity index (χ3n) is 2.25. The fourth-order valence-corrected chi connectivity index (χ4v) is 1.85. The molecule has 0 spiro atoms. The Bertz CT molecular complexity index is 280. The van der Waals surface area contributed by atoms with Gasteiger partial charge in [-0.15, -0.1) is 11.3 Å². The Hall–Kier alpha value is -0.280. The summed E-state index contributed by atoms with van der Waals surface area (Å²) in [5.74, 6) is 0. The van der Waals surface area contributed by atoms with E-state index in [4.69, 9.17) is 11.6 Å². The van der Waals surface area contributed by atoms with Crippen molar-refractivity contribution in [2.75, 3.05) is 11.9 Å². The number of halogens is 1. The van der Waals surface area contributed by atoms with E-state index >= 15 is 0 Å². The lowest BCUT2D eigenvalue weighted by Gasteiger charge is -2.07. The van der Waals surface area contributed by atoms with Gasteiger partial charge in [-0.25, -0.2) is 4.98 Å². The van der Waals surface area contributed by atoms with Gasteiger partial charge in [-0.2, -0.15) is 0 Å². The average molecular weight is 203 g/mol. The van der Waals surface area contributed by atoms with Crippen LogP contribution >= 0.6 is 22.9 Å². The monoisotopic (exact) mass is 202 g/mol. The van der Waals surface area contributed by atoms with E-state index in [1.54, 1.807) is 11.3 Å². The number of nitrogens with zero attached hydrogens (tertiary/aromatic N) is 1. The second kappa shape index (κ2) is 2.89. The molecular formula is C8H11ClN2S. The fourth-order valence-electron chi connectivity index (χ4n) is 1.01. The van der Waals surface area contributed by atoms with E-state index < -0.39 is 0 Å². The van der Waals surface area contributed by atoms with Gasteiger partial charge in [0, 0.05) is 11.9 Å². The van der Waals surface area contributed by atoms with E-state index in [0.717, 1.165) is 11.7 Å². The summed E-state index contributed by atoms with van der Waals surface area (Å²) >= 11 is 7.25. The summed E-state index contributed by atoms with van der Waals surface area (Å²) in [5.41, 5.74) is 0.526. The molecule has 2 rings (SSSR count). The normalized spacial score (nSPS) is 19.2. The third kappa shape index (κ3) is 1.90. The first-order chi connectivity index (χ1) is 5.68. The maximum Gasteiger partial charge on any atom is 0.184 e. The molecule has 0 saturated heterocycles. The van der Waals surface area contributed by atoms with E-state index in [0.29, 0.717) is 10.6 Å². The highest BCUT2D eigenvalue weighted by molar-refractivity contribution is 7.14. The van der Waals surface area contributed by atoms with E-state index in [2.05, 4.69) is 17.2 Å². The first kappa shape index (κ1) is 8.32. The van der Waals surface area contributed by atoms with Gasteiger partial charge < -0.3 is 5.32 Å². The summed E-state index contributed by atoms with van der Waals surface area (Å²) in [6, 6.07) is 0. The SMILES string of the molecule is CC1(CNc2nc(Cl)cs2)CC1. The van der Waals surface area contributed by atoms with Gasteiger partial charge in [0.05, 0.1) is 0 Å². The van der Waals surface area contributed by atoms with Crippen LogP contribution in [0.2, 0.25) is 5.15 Å². The number of anilines is 1. The van der Waals surface area contributed by atoms with Crippen LogP contribution in [-0.2, 0) is 0 Å². The van der Waals surface area contributed by atoms with Crippen LogP contribution in [0.5, 0.6) is 0 Å². The highest BCUT2D eigenvalue weighted by Gasteiger charge is 2.36. The Morgan fingerprint density at radius 3 is 3.00 bits per heavy atom. The molecule has 1 aromatic heterocycles. The molecule has 0 radical (unpaired) electrons. The summed E-state index contributed by atoms with van der Waals surface area (Å²) in [6.45, 7) is 3.31. The summed E-state index contributed by atoms with van der Waals surface area (Å²) in [7, 11) is 0. The Morgan fingerprint density at radius 2 is 2.50 bits per heavy atom. The zero-order valence-corrected chi connectivity index (χ0v) is 8.50. The zero-order valence-electron chi connectivity index (χ0n) is 6.93.